The molecule has 17 heavy (non-hydrogen) atoms. The zero-order valence-corrected chi connectivity index (χ0v) is 10.2. The van der Waals surface area contributed by atoms with Gasteiger partial charge in [0, 0.05) is 19.0 Å². The van der Waals surface area contributed by atoms with Gasteiger partial charge in [0.05, 0.1) is 10.2 Å². The van der Waals surface area contributed by atoms with Gasteiger partial charge in [0.2, 0.25) is 0 Å². The molecule has 1 fully saturated rings. The normalized spacial score (nSPS) is 17.5. The lowest BCUT2D eigenvalue weighted by atomic mass is 9.99. The standard InChI is InChI=1S/C12H13N3OS/c16-7-9-1-4-15(5-2-9)12-11-10(3-6-17-11)13-8-14-12/h3,6-9H,1-2,4-5H2. The molecule has 0 radical (unpaired) electrons. The summed E-state index contributed by atoms with van der Waals surface area (Å²) in [6, 6.07) is 2.02. The number of carbonyl (C=O) groups excluding carboxylic acids is 1. The molecule has 0 atom stereocenters. The summed E-state index contributed by atoms with van der Waals surface area (Å²) in [5.41, 5.74) is 1.01. The molecule has 0 saturated carbocycles. The Hall–Kier alpha value is -1.49. The number of nitrogens with zero attached hydrogens (tertiary/aromatic N) is 3. The van der Waals surface area contributed by atoms with Gasteiger partial charge in [-0.3, -0.25) is 0 Å². The smallest absolute Gasteiger partial charge is 0.150 e. The lowest BCUT2D eigenvalue weighted by Crippen LogP contribution is -2.34. The Labute approximate surface area is 103 Å². The molecule has 1 saturated heterocycles. The molecule has 1 aliphatic heterocycles. The molecule has 0 unspecified atom stereocenters. The molecule has 4 nitrogen and oxygen atoms in total. The molecule has 0 aliphatic carbocycles. The van der Waals surface area contributed by atoms with E-state index in [1.807, 2.05) is 11.4 Å². The third kappa shape index (κ3) is 1.91. The van der Waals surface area contributed by atoms with Gasteiger partial charge in [-0.05, 0) is 24.3 Å². The van der Waals surface area contributed by atoms with E-state index in [1.165, 1.54) is 0 Å². The molecular formula is C12H13N3OS. The molecule has 0 spiro atoms. The number of anilines is 1. The summed E-state index contributed by atoms with van der Waals surface area (Å²) in [6.07, 6.45) is 4.56. The van der Waals surface area contributed by atoms with Crippen molar-refractivity contribution in [1.82, 2.24) is 9.97 Å². The zero-order valence-electron chi connectivity index (χ0n) is 9.37. The van der Waals surface area contributed by atoms with Crippen LogP contribution in [0.4, 0.5) is 5.82 Å². The fraction of sp³-hybridized carbons (Fsp3) is 0.417. The largest absolute Gasteiger partial charge is 0.355 e. The number of piperidine rings is 1. The SMILES string of the molecule is O=CC1CCN(c2ncnc3ccsc23)CC1. The number of aldehydes is 1. The number of aromatic nitrogens is 2. The van der Waals surface area contributed by atoms with Crippen molar-refractivity contribution in [3.63, 3.8) is 0 Å². The van der Waals surface area contributed by atoms with E-state index in [-0.39, 0.29) is 5.92 Å². The minimum atomic E-state index is 0.229. The maximum atomic E-state index is 10.7. The van der Waals surface area contributed by atoms with Gasteiger partial charge < -0.3 is 9.69 Å². The average Bonchev–Trinajstić information content (AvgIpc) is 2.87. The first-order valence-electron chi connectivity index (χ1n) is 5.77. The van der Waals surface area contributed by atoms with Crippen LogP contribution >= 0.6 is 11.3 Å². The lowest BCUT2D eigenvalue weighted by Gasteiger charge is -2.30. The van der Waals surface area contributed by atoms with Crippen LogP contribution in [0.5, 0.6) is 0 Å². The van der Waals surface area contributed by atoms with E-state index < -0.39 is 0 Å². The molecular weight excluding hydrogens is 234 g/mol. The van der Waals surface area contributed by atoms with Crippen molar-refractivity contribution in [3.05, 3.63) is 17.8 Å². The Kier molecular flexibility index (Phi) is 2.76. The second-order valence-corrected chi connectivity index (χ2v) is 5.21. The Morgan fingerprint density at radius 2 is 2.18 bits per heavy atom. The molecule has 88 valence electrons. The zero-order chi connectivity index (χ0) is 11.7. The summed E-state index contributed by atoms with van der Waals surface area (Å²) < 4.78 is 1.15. The van der Waals surface area contributed by atoms with Gasteiger partial charge in [-0.15, -0.1) is 11.3 Å². The second-order valence-electron chi connectivity index (χ2n) is 4.29. The highest BCUT2D eigenvalue weighted by molar-refractivity contribution is 7.17. The number of hydrogen-bond donors (Lipinski definition) is 0. The van der Waals surface area contributed by atoms with Gasteiger partial charge in [-0.1, -0.05) is 0 Å². The highest BCUT2D eigenvalue weighted by atomic mass is 32.1. The molecule has 0 aromatic carbocycles. The van der Waals surface area contributed by atoms with Crippen molar-refractivity contribution < 1.29 is 4.79 Å². The van der Waals surface area contributed by atoms with Crippen molar-refractivity contribution >= 4 is 33.7 Å². The quantitative estimate of drug-likeness (QED) is 0.762. The van der Waals surface area contributed by atoms with E-state index in [4.69, 9.17) is 0 Å². The van der Waals surface area contributed by atoms with Crippen molar-refractivity contribution in [1.29, 1.82) is 0 Å². The van der Waals surface area contributed by atoms with Crippen LogP contribution in [0, 0.1) is 5.92 Å². The van der Waals surface area contributed by atoms with Crippen LogP contribution in [0.2, 0.25) is 0 Å². The predicted molar refractivity (Wildman–Crippen MR) is 68.4 cm³/mol. The first-order chi connectivity index (χ1) is 8.38. The van der Waals surface area contributed by atoms with Crippen LogP contribution in [-0.4, -0.2) is 29.3 Å². The molecule has 0 N–H and O–H groups in total. The molecule has 0 amide bonds. The second kappa shape index (κ2) is 4.41. The molecule has 0 bridgehead atoms. The topological polar surface area (TPSA) is 46.1 Å². The van der Waals surface area contributed by atoms with E-state index >= 15 is 0 Å². The van der Waals surface area contributed by atoms with Gasteiger partial charge in [0.15, 0.2) is 0 Å². The lowest BCUT2D eigenvalue weighted by molar-refractivity contribution is -0.111. The maximum Gasteiger partial charge on any atom is 0.150 e. The predicted octanol–water partition coefficient (Wildman–Crippen LogP) is 2.11. The molecule has 2 aromatic heterocycles. The third-order valence-corrected chi connectivity index (χ3v) is 4.16. The summed E-state index contributed by atoms with van der Waals surface area (Å²) in [5, 5.41) is 2.04. The van der Waals surface area contributed by atoms with Gasteiger partial charge in [-0.2, -0.15) is 0 Å². The monoisotopic (exact) mass is 247 g/mol. The van der Waals surface area contributed by atoms with Gasteiger partial charge in [0.25, 0.3) is 0 Å². The molecule has 3 heterocycles. The van der Waals surface area contributed by atoms with Gasteiger partial charge in [-0.25, -0.2) is 9.97 Å². The average molecular weight is 247 g/mol. The molecule has 5 heteroatoms. The summed E-state index contributed by atoms with van der Waals surface area (Å²) in [5.74, 6) is 1.25. The van der Waals surface area contributed by atoms with E-state index in [0.717, 1.165) is 48.3 Å². The number of rotatable bonds is 2. The first-order valence-corrected chi connectivity index (χ1v) is 6.65. The summed E-state index contributed by atoms with van der Waals surface area (Å²) in [4.78, 5) is 21.6. The van der Waals surface area contributed by atoms with Gasteiger partial charge in [0.1, 0.15) is 18.4 Å². The van der Waals surface area contributed by atoms with Crippen LogP contribution in [0.25, 0.3) is 10.2 Å². The number of thiophene rings is 1. The van der Waals surface area contributed by atoms with Crippen LogP contribution in [0.1, 0.15) is 12.8 Å². The summed E-state index contributed by atoms with van der Waals surface area (Å²) in [7, 11) is 0. The Balaban J connectivity index is 1.89. The summed E-state index contributed by atoms with van der Waals surface area (Å²) in [6.45, 7) is 1.82. The van der Waals surface area contributed by atoms with Crippen molar-refractivity contribution in [2.24, 2.45) is 5.92 Å². The summed E-state index contributed by atoms with van der Waals surface area (Å²) >= 11 is 1.68. The number of carbonyl (C=O) groups is 1. The third-order valence-electron chi connectivity index (χ3n) is 3.26. The van der Waals surface area contributed by atoms with E-state index in [0.29, 0.717) is 0 Å². The van der Waals surface area contributed by atoms with Crippen molar-refractivity contribution in [2.45, 2.75) is 12.8 Å². The highest BCUT2D eigenvalue weighted by Crippen LogP contribution is 2.30. The molecule has 1 aliphatic rings. The van der Waals surface area contributed by atoms with Crippen molar-refractivity contribution in [3.8, 4) is 0 Å². The fourth-order valence-electron chi connectivity index (χ4n) is 2.25. The van der Waals surface area contributed by atoms with Crippen LogP contribution in [0.15, 0.2) is 17.8 Å². The Bertz CT molecular complexity index is 531. The minimum absolute atomic E-state index is 0.229. The Morgan fingerprint density at radius 3 is 2.94 bits per heavy atom. The van der Waals surface area contributed by atoms with E-state index in [1.54, 1.807) is 17.7 Å². The number of hydrogen-bond acceptors (Lipinski definition) is 5. The van der Waals surface area contributed by atoms with Crippen LogP contribution < -0.4 is 4.90 Å². The minimum Gasteiger partial charge on any atom is -0.355 e. The maximum absolute atomic E-state index is 10.7. The van der Waals surface area contributed by atoms with Crippen LogP contribution in [-0.2, 0) is 4.79 Å². The van der Waals surface area contributed by atoms with Crippen LogP contribution in [0.3, 0.4) is 0 Å². The van der Waals surface area contributed by atoms with Gasteiger partial charge >= 0.3 is 0 Å². The molecule has 3 rings (SSSR count). The highest BCUT2D eigenvalue weighted by Gasteiger charge is 2.21. The molecule has 2 aromatic rings. The number of fused-ring (bicyclic) bond motifs is 1. The first kappa shape index (κ1) is 10.7. The van der Waals surface area contributed by atoms with Crippen molar-refractivity contribution in [2.75, 3.05) is 18.0 Å². The Morgan fingerprint density at radius 1 is 1.35 bits per heavy atom. The van der Waals surface area contributed by atoms with E-state index in [9.17, 15) is 4.79 Å². The van der Waals surface area contributed by atoms with E-state index in [2.05, 4.69) is 14.9 Å². The fourth-order valence-corrected chi connectivity index (χ4v) is 3.11.